The minimum atomic E-state index is -5.00. The van der Waals surface area contributed by atoms with Crippen molar-refractivity contribution in [2.24, 2.45) is 5.10 Å². The van der Waals surface area contributed by atoms with E-state index >= 15 is 0 Å². The highest BCUT2D eigenvalue weighted by molar-refractivity contribution is 14.1. The number of hydrogen-bond acceptors (Lipinski definition) is 6. The molecule has 0 saturated carbocycles. The highest BCUT2D eigenvalue weighted by Crippen LogP contribution is 2.41. The van der Waals surface area contributed by atoms with Gasteiger partial charge in [-0.25, -0.2) is 0 Å². The molecule has 0 saturated heterocycles. The third-order valence-corrected chi connectivity index (χ3v) is 5.47. The lowest BCUT2D eigenvalue weighted by molar-refractivity contribution is -0.392. The standard InChI is InChI=1S/C20H15F3IN5O4/c1-11-7-13(12(2)27(11)16-5-3-15(24)4-6-16)10-25-26-19-17(28(30)31)8-14(20(21,22)23)9-18(19)29(32)33/h3-10,26H,1-2H3/b25-10-. The molecule has 1 N–H and O–H groups in total. The summed E-state index contributed by atoms with van der Waals surface area (Å²) in [6, 6.07) is 9.97. The summed E-state index contributed by atoms with van der Waals surface area (Å²) in [5.41, 5.74) is 0.844. The molecule has 1 heterocycles. The molecule has 0 spiro atoms. The van der Waals surface area contributed by atoms with E-state index in [0.717, 1.165) is 20.6 Å². The van der Waals surface area contributed by atoms with Crippen molar-refractivity contribution >= 4 is 45.9 Å². The molecule has 0 aliphatic carbocycles. The molecule has 3 aromatic rings. The normalized spacial score (nSPS) is 11.7. The smallest absolute Gasteiger partial charge is 0.318 e. The van der Waals surface area contributed by atoms with E-state index in [2.05, 4.69) is 33.1 Å². The zero-order chi connectivity index (χ0) is 24.5. The fraction of sp³-hybridized carbons (Fsp3) is 0.150. The molecule has 0 aliphatic heterocycles. The predicted octanol–water partition coefficient (Wildman–Crippen LogP) is 5.98. The average molecular weight is 573 g/mol. The van der Waals surface area contributed by atoms with Crippen LogP contribution in [0.25, 0.3) is 5.69 Å². The van der Waals surface area contributed by atoms with E-state index in [9.17, 15) is 33.4 Å². The quantitative estimate of drug-likeness (QED) is 0.169. The van der Waals surface area contributed by atoms with Crippen LogP contribution in [0.1, 0.15) is 22.5 Å². The highest BCUT2D eigenvalue weighted by Gasteiger charge is 2.37. The maximum atomic E-state index is 13.0. The Morgan fingerprint density at radius 1 is 1.03 bits per heavy atom. The second kappa shape index (κ2) is 9.17. The SMILES string of the molecule is Cc1cc(/C=N\Nc2c([N+](=O)[O-])cc(C(F)(F)F)cc2[N+](=O)[O-])c(C)n1-c1ccc(I)cc1. The van der Waals surface area contributed by atoms with E-state index in [-0.39, 0.29) is 12.1 Å². The van der Waals surface area contributed by atoms with Crippen molar-refractivity contribution < 1.29 is 23.0 Å². The minimum Gasteiger partial charge on any atom is -0.318 e. The molecule has 0 aliphatic rings. The molecule has 9 nitrogen and oxygen atoms in total. The van der Waals surface area contributed by atoms with Crippen molar-refractivity contribution in [2.75, 3.05) is 5.43 Å². The number of benzene rings is 2. The van der Waals surface area contributed by atoms with Crippen LogP contribution in [0, 0.1) is 37.6 Å². The highest BCUT2D eigenvalue weighted by atomic mass is 127. The molecule has 0 amide bonds. The molecule has 3 rings (SSSR count). The van der Waals surface area contributed by atoms with Gasteiger partial charge in [0.25, 0.3) is 0 Å². The van der Waals surface area contributed by atoms with Crippen LogP contribution in [0.5, 0.6) is 0 Å². The van der Waals surface area contributed by atoms with Crippen LogP contribution >= 0.6 is 22.6 Å². The summed E-state index contributed by atoms with van der Waals surface area (Å²) in [4.78, 5) is 20.4. The molecule has 0 atom stereocenters. The average Bonchev–Trinajstić information content (AvgIpc) is 3.00. The monoisotopic (exact) mass is 573 g/mol. The van der Waals surface area contributed by atoms with Gasteiger partial charge in [-0.3, -0.25) is 25.7 Å². The fourth-order valence-corrected chi connectivity index (χ4v) is 3.61. The lowest BCUT2D eigenvalue weighted by Crippen LogP contribution is -2.09. The van der Waals surface area contributed by atoms with Crippen molar-refractivity contribution in [2.45, 2.75) is 20.0 Å². The van der Waals surface area contributed by atoms with Crippen molar-refractivity contribution in [3.8, 4) is 5.69 Å². The van der Waals surface area contributed by atoms with Crippen LogP contribution in [0.2, 0.25) is 0 Å². The summed E-state index contributed by atoms with van der Waals surface area (Å²) in [6.45, 7) is 3.68. The zero-order valence-electron chi connectivity index (χ0n) is 17.1. The Balaban J connectivity index is 1.99. The van der Waals surface area contributed by atoms with E-state index < -0.39 is 38.6 Å². The van der Waals surface area contributed by atoms with Gasteiger partial charge in [0.2, 0.25) is 5.69 Å². The first-order valence-electron chi connectivity index (χ1n) is 9.18. The molecule has 0 unspecified atom stereocenters. The van der Waals surface area contributed by atoms with E-state index in [4.69, 9.17) is 0 Å². The maximum absolute atomic E-state index is 13.0. The van der Waals surface area contributed by atoms with Gasteiger partial charge >= 0.3 is 17.6 Å². The van der Waals surface area contributed by atoms with Gasteiger partial charge in [-0.15, -0.1) is 0 Å². The number of nitrogens with one attached hydrogen (secondary N) is 1. The largest absolute Gasteiger partial charge is 0.416 e. The van der Waals surface area contributed by atoms with Gasteiger partial charge in [-0.1, -0.05) is 0 Å². The van der Waals surface area contributed by atoms with Gasteiger partial charge in [-0.2, -0.15) is 18.3 Å². The number of nitro groups is 2. The number of nitro benzene ring substituents is 2. The summed E-state index contributed by atoms with van der Waals surface area (Å²) in [7, 11) is 0. The van der Waals surface area contributed by atoms with E-state index in [1.165, 1.54) is 6.21 Å². The molecule has 0 fully saturated rings. The summed E-state index contributed by atoms with van der Waals surface area (Å²) >= 11 is 2.19. The minimum absolute atomic E-state index is 0.230. The Morgan fingerprint density at radius 3 is 2.06 bits per heavy atom. The Bertz CT molecular complexity index is 1230. The van der Waals surface area contributed by atoms with E-state index in [1.807, 2.05) is 42.7 Å². The van der Waals surface area contributed by atoms with Gasteiger partial charge in [0.1, 0.15) is 0 Å². The van der Waals surface area contributed by atoms with Crippen LogP contribution in [0.15, 0.2) is 47.6 Å². The van der Waals surface area contributed by atoms with Gasteiger partial charge in [0.15, 0.2) is 0 Å². The van der Waals surface area contributed by atoms with Crippen molar-refractivity contribution in [3.05, 3.63) is 88.8 Å². The first-order valence-corrected chi connectivity index (χ1v) is 10.3. The van der Waals surface area contributed by atoms with Gasteiger partial charge in [0.05, 0.1) is 21.6 Å². The summed E-state index contributed by atoms with van der Waals surface area (Å²) in [5, 5.41) is 26.5. The van der Waals surface area contributed by atoms with Crippen LogP contribution in [0.3, 0.4) is 0 Å². The molecule has 0 radical (unpaired) electrons. The second-order valence-electron chi connectivity index (χ2n) is 6.91. The molecular weight excluding hydrogens is 558 g/mol. The Labute approximate surface area is 198 Å². The fourth-order valence-electron chi connectivity index (χ4n) is 3.25. The molecule has 13 heteroatoms. The summed E-state index contributed by atoms with van der Waals surface area (Å²) < 4.78 is 42.1. The zero-order valence-corrected chi connectivity index (χ0v) is 19.2. The number of hydrazone groups is 1. The number of aryl methyl sites for hydroxylation is 1. The number of aromatic nitrogens is 1. The molecule has 172 valence electrons. The number of halogens is 4. The van der Waals surface area contributed by atoms with Crippen LogP contribution in [-0.2, 0) is 6.18 Å². The van der Waals surface area contributed by atoms with Crippen molar-refractivity contribution in [1.82, 2.24) is 4.57 Å². The first-order chi connectivity index (χ1) is 15.4. The number of nitrogens with zero attached hydrogens (tertiary/aromatic N) is 4. The summed E-state index contributed by atoms with van der Waals surface area (Å²) in [5.74, 6) is 0. The molecule has 2 aromatic carbocycles. The number of alkyl halides is 3. The Kier molecular flexibility index (Phi) is 6.71. The molecule has 33 heavy (non-hydrogen) atoms. The molecule has 1 aromatic heterocycles. The Hall–Kier alpha value is -3.49. The van der Waals surface area contributed by atoms with Gasteiger partial charge in [-0.05, 0) is 66.8 Å². The van der Waals surface area contributed by atoms with Gasteiger partial charge < -0.3 is 4.57 Å². The first kappa shape index (κ1) is 24.2. The topological polar surface area (TPSA) is 116 Å². The van der Waals surface area contributed by atoms with Crippen molar-refractivity contribution in [3.63, 3.8) is 0 Å². The lowest BCUT2D eigenvalue weighted by Gasteiger charge is -2.10. The number of hydrogen-bond donors (Lipinski definition) is 1. The molecular formula is C20H15F3IN5O4. The third kappa shape index (κ3) is 5.13. The predicted molar refractivity (Wildman–Crippen MR) is 124 cm³/mol. The Morgan fingerprint density at radius 2 is 1.58 bits per heavy atom. The number of rotatable bonds is 6. The maximum Gasteiger partial charge on any atom is 0.416 e. The van der Waals surface area contributed by atoms with E-state index in [1.54, 1.807) is 6.07 Å². The summed E-state index contributed by atoms with van der Waals surface area (Å²) in [6.07, 6.45) is -3.71. The second-order valence-corrected chi connectivity index (χ2v) is 8.16. The van der Waals surface area contributed by atoms with Crippen LogP contribution in [-0.4, -0.2) is 20.6 Å². The lowest BCUT2D eigenvalue weighted by atomic mass is 10.1. The van der Waals surface area contributed by atoms with Crippen LogP contribution in [0.4, 0.5) is 30.2 Å². The number of anilines is 1. The third-order valence-electron chi connectivity index (χ3n) is 4.75. The van der Waals surface area contributed by atoms with Crippen molar-refractivity contribution in [1.29, 1.82) is 0 Å². The van der Waals surface area contributed by atoms with E-state index in [0.29, 0.717) is 5.56 Å². The van der Waals surface area contributed by atoms with Gasteiger partial charge in [0, 0.05) is 38.3 Å². The molecule has 0 bridgehead atoms. The van der Waals surface area contributed by atoms with Crippen LogP contribution < -0.4 is 5.43 Å².